The Kier molecular flexibility index (Phi) is 4.66. The Bertz CT molecular complexity index is 614. The minimum atomic E-state index is 0.0481. The smallest absolute Gasteiger partial charge is 0.228 e. The first-order valence-electron chi connectivity index (χ1n) is 8.45. The first-order valence-corrected chi connectivity index (χ1v) is 8.45. The number of hydrogen-bond acceptors (Lipinski definition) is 3. The van der Waals surface area contributed by atoms with Crippen LogP contribution < -0.4 is 10.2 Å². The molecule has 0 spiro atoms. The molecule has 23 heavy (non-hydrogen) atoms. The van der Waals surface area contributed by atoms with Gasteiger partial charge in [-0.2, -0.15) is 0 Å². The number of carbonyl (C=O) groups is 2. The lowest BCUT2D eigenvalue weighted by molar-refractivity contribution is -0.121. The summed E-state index contributed by atoms with van der Waals surface area (Å²) in [6.07, 6.45) is 3.53. The standard InChI is InChI=1S/C18H25N3O2/c1-13-7-8-15(11-16(13)21-10-4-6-17(21)22)19-18(23)14-5-3-9-20(2)12-14/h7-8,11,14H,3-6,9-10,12H2,1-2H3,(H,19,23)/t14-/m0/s1. The van der Waals surface area contributed by atoms with E-state index in [1.807, 2.05) is 30.0 Å². The Hall–Kier alpha value is -1.88. The number of likely N-dealkylation sites (tertiary alicyclic amines) is 1. The van der Waals surface area contributed by atoms with Crippen LogP contribution in [0.1, 0.15) is 31.2 Å². The van der Waals surface area contributed by atoms with Gasteiger partial charge in [0.25, 0.3) is 0 Å². The van der Waals surface area contributed by atoms with Gasteiger partial charge in [-0.3, -0.25) is 9.59 Å². The van der Waals surface area contributed by atoms with E-state index in [1.165, 1.54) is 0 Å². The summed E-state index contributed by atoms with van der Waals surface area (Å²) < 4.78 is 0. The number of hydrogen-bond donors (Lipinski definition) is 1. The zero-order chi connectivity index (χ0) is 16.4. The lowest BCUT2D eigenvalue weighted by atomic mass is 9.97. The number of piperidine rings is 1. The number of amides is 2. The van der Waals surface area contributed by atoms with Gasteiger partial charge in [-0.05, 0) is 57.5 Å². The number of rotatable bonds is 3. The predicted octanol–water partition coefficient (Wildman–Crippen LogP) is 2.40. The molecule has 0 saturated carbocycles. The van der Waals surface area contributed by atoms with Crippen LogP contribution in [0.5, 0.6) is 0 Å². The highest BCUT2D eigenvalue weighted by Crippen LogP contribution is 2.28. The van der Waals surface area contributed by atoms with Crippen LogP contribution >= 0.6 is 0 Å². The largest absolute Gasteiger partial charge is 0.326 e. The van der Waals surface area contributed by atoms with Gasteiger partial charge in [-0.15, -0.1) is 0 Å². The molecule has 1 aromatic carbocycles. The molecular formula is C18H25N3O2. The summed E-state index contributed by atoms with van der Waals surface area (Å²) in [7, 11) is 2.06. The molecule has 2 aliphatic heterocycles. The van der Waals surface area contributed by atoms with Crippen molar-refractivity contribution in [2.75, 3.05) is 36.9 Å². The van der Waals surface area contributed by atoms with Crippen molar-refractivity contribution in [3.05, 3.63) is 23.8 Å². The monoisotopic (exact) mass is 315 g/mol. The highest BCUT2D eigenvalue weighted by atomic mass is 16.2. The number of anilines is 2. The van der Waals surface area contributed by atoms with Crippen molar-refractivity contribution < 1.29 is 9.59 Å². The fourth-order valence-corrected chi connectivity index (χ4v) is 3.51. The second-order valence-corrected chi connectivity index (χ2v) is 6.74. The Morgan fingerprint density at radius 3 is 2.78 bits per heavy atom. The third-order valence-electron chi connectivity index (χ3n) is 4.84. The van der Waals surface area contributed by atoms with Crippen LogP contribution in [0.15, 0.2) is 18.2 Å². The van der Waals surface area contributed by atoms with E-state index in [0.29, 0.717) is 6.42 Å². The van der Waals surface area contributed by atoms with E-state index >= 15 is 0 Å². The van der Waals surface area contributed by atoms with E-state index in [1.54, 1.807) is 0 Å². The zero-order valence-electron chi connectivity index (χ0n) is 14.0. The molecule has 3 rings (SSSR count). The summed E-state index contributed by atoms with van der Waals surface area (Å²) in [5, 5.41) is 3.03. The van der Waals surface area contributed by atoms with Crippen molar-refractivity contribution in [2.24, 2.45) is 5.92 Å². The van der Waals surface area contributed by atoms with Gasteiger partial charge in [0.1, 0.15) is 0 Å². The molecule has 1 N–H and O–H groups in total. The Morgan fingerprint density at radius 2 is 2.09 bits per heavy atom. The van der Waals surface area contributed by atoms with Gasteiger partial charge in [0.2, 0.25) is 11.8 Å². The van der Waals surface area contributed by atoms with Crippen molar-refractivity contribution in [1.29, 1.82) is 0 Å². The molecule has 5 heteroatoms. The highest BCUT2D eigenvalue weighted by molar-refractivity contribution is 5.98. The third kappa shape index (κ3) is 3.55. The second-order valence-electron chi connectivity index (χ2n) is 6.74. The molecule has 0 aromatic heterocycles. The number of benzene rings is 1. The summed E-state index contributed by atoms with van der Waals surface area (Å²) in [6.45, 7) is 4.65. The molecule has 2 heterocycles. The second kappa shape index (κ2) is 6.71. The summed E-state index contributed by atoms with van der Waals surface area (Å²) in [6, 6.07) is 5.83. The molecule has 2 amide bonds. The average Bonchev–Trinajstić information content (AvgIpc) is 2.95. The van der Waals surface area contributed by atoms with E-state index in [0.717, 1.165) is 55.8 Å². The topological polar surface area (TPSA) is 52.7 Å². The van der Waals surface area contributed by atoms with Gasteiger partial charge in [-0.1, -0.05) is 6.07 Å². The first-order chi connectivity index (χ1) is 11.0. The molecule has 0 bridgehead atoms. The van der Waals surface area contributed by atoms with Gasteiger partial charge < -0.3 is 15.1 Å². The predicted molar refractivity (Wildman–Crippen MR) is 91.6 cm³/mol. The van der Waals surface area contributed by atoms with Gasteiger partial charge in [0.15, 0.2) is 0 Å². The fraction of sp³-hybridized carbons (Fsp3) is 0.556. The van der Waals surface area contributed by atoms with Crippen LogP contribution in [0.2, 0.25) is 0 Å². The molecule has 124 valence electrons. The number of nitrogens with one attached hydrogen (secondary N) is 1. The van der Waals surface area contributed by atoms with Gasteiger partial charge in [-0.25, -0.2) is 0 Å². The Morgan fingerprint density at radius 1 is 1.26 bits per heavy atom. The van der Waals surface area contributed by atoms with Crippen LogP contribution in [-0.2, 0) is 9.59 Å². The summed E-state index contributed by atoms with van der Waals surface area (Å²) in [5.41, 5.74) is 2.77. The summed E-state index contributed by atoms with van der Waals surface area (Å²) in [4.78, 5) is 28.5. The minimum Gasteiger partial charge on any atom is -0.326 e. The van der Waals surface area contributed by atoms with E-state index in [9.17, 15) is 9.59 Å². The van der Waals surface area contributed by atoms with E-state index < -0.39 is 0 Å². The molecule has 5 nitrogen and oxygen atoms in total. The minimum absolute atomic E-state index is 0.0481. The van der Waals surface area contributed by atoms with Crippen molar-refractivity contribution in [3.63, 3.8) is 0 Å². The van der Waals surface area contributed by atoms with Gasteiger partial charge in [0, 0.05) is 30.9 Å². The quantitative estimate of drug-likeness (QED) is 0.932. The molecule has 1 aromatic rings. The molecule has 1 atom stereocenters. The van der Waals surface area contributed by atoms with Crippen LogP contribution in [0.25, 0.3) is 0 Å². The number of carbonyl (C=O) groups excluding carboxylic acids is 2. The van der Waals surface area contributed by atoms with Crippen molar-refractivity contribution in [3.8, 4) is 0 Å². The molecule has 0 radical (unpaired) electrons. The van der Waals surface area contributed by atoms with Gasteiger partial charge >= 0.3 is 0 Å². The Balaban J connectivity index is 1.73. The number of nitrogens with zero attached hydrogens (tertiary/aromatic N) is 2. The van der Waals surface area contributed by atoms with Crippen molar-refractivity contribution >= 4 is 23.2 Å². The highest BCUT2D eigenvalue weighted by Gasteiger charge is 2.25. The van der Waals surface area contributed by atoms with Crippen LogP contribution in [-0.4, -0.2) is 43.4 Å². The van der Waals surface area contributed by atoms with Crippen LogP contribution in [0.4, 0.5) is 11.4 Å². The normalized spacial score (nSPS) is 22.4. The van der Waals surface area contributed by atoms with Crippen LogP contribution in [0, 0.1) is 12.8 Å². The third-order valence-corrected chi connectivity index (χ3v) is 4.84. The van der Waals surface area contributed by atoms with E-state index in [-0.39, 0.29) is 17.7 Å². The Labute approximate surface area is 137 Å². The SMILES string of the molecule is Cc1ccc(NC(=O)[C@H]2CCCN(C)C2)cc1N1CCCC1=O. The molecule has 0 unspecified atom stereocenters. The summed E-state index contributed by atoms with van der Waals surface area (Å²) >= 11 is 0. The lowest BCUT2D eigenvalue weighted by Crippen LogP contribution is -2.38. The van der Waals surface area contributed by atoms with Crippen LogP contribution in [0.3, 0.4) is 0 Å². The van der Waals surface area contributed by atoms with Crippen molar-refractivity contribution in [2.45, 2.75) is 32.6 Å². The molecular weight excluding hydrogens is 290 g/mol. The maximum atomic E-state index is 12.5. The van der Waals surface area contributed by atoms with Crippen molar-refractivity contribution in [1.82, 2.24) is 4.90 Å². The molecule has 2 fully saturated rings. The molecule has 2 saturated heterocycles. The lowest BCUT2D eigenvalue weighted by Gasteiger charge is -2.29. The first kappa shape index (κ1) is 16.0. The maximum Gasteiger partial charge on any atom is 0.228 e. The zero-order valence-corrected chi connectivity index (χ0v) is 14.0. The van der Waals surface area contributed by atoms with Gasteiger partial charge in [0.05, 0.1) is 5.92 Å². The maximum absolute atomic E-state index is 12.5. The molecule has 0 aliphatic carbocycles. The molecule has 2 aliphatic rings. The summed E-state index contributed by atoms with van der Waals surface area (Å²) in [5.74, 6) is 0.302. The van der Waals surface area contributed by atoms with E-state index in [2.05, 4.69) is 17.3 Å². The average molecular weight is 315 g/mol. The van der Waals surface area contributed by atoms with E-state index in [4.69, 9.17) is 0 Å². The fourth-order valence-electron chi connectivity index (χ4n) is 3.51. The number of aryl methyl sites for hydroxylation is 1.